The van der Waals surface area contributed by atoms with Crippen molar-refractivity contribution in [3.63, 3.8) is 0 Å². The first kappa shape index (κ1) is 21.1. The molecule has 1 atom stereocenters. The molecule has 1 aromatic heterocycles. The normalized spacial score (nSPS) is 11.9. The number of ether oxygens (including phenoxy) is 1. The third-order valence-electron chi connectivity index (χ3n) is 3.40. The van der Waals surface area contributed by atoms with Crippen LogP contribution in [0.15, 0.2) is 28.6 Å². The predicted octanol–water partition coefficient (Wildman–Crippen LogP) is 2.76. The summed E-state index contributed by atoms with van der Waals surface area (Å²) in [6.07, 6.45) is 0.775. The van der Waals surface area contributed by atoms with Gasteiger partial charge in [-0.05, 0) is 48.7 Å². The molecule has 0 aliphatic rings. The Balaban J connectivity index is 2.16. The Morgan fingerprint density at radius 3 is 2.41 bits per heavy atom. The topological polar surface area (TPSA) is 116 Å². The summed E-state index contributed by atoms with van der Waals surface area (Å²) in [6.45, 7) is 3.38. The fourth-order valence-corrected chi connectivity index (χ4v) is 3.89. The number of rotatable bonds is 6. The summed E-state index contributed by atoms with van der Waals surface area (Å²) in [5.74, 6) is -1.79. The van der Waals surface area contributed by atoms with Crippen molar-refractivity contribution in [2.24, 2.45) is 11.7 Å². The van der Waals surface area contributed by atoms with Crippen molar-refractivity contribution in [3.05, 3.63) is 33.8 Å². The third-order valence-corrected chi connectivity index (χ3v) is 5.60. The third kappa shape index (κ3) is 5.37. The Hall–Kier alpha value is -2.24. The Bertz CT molecular complexity index is 905. The van der Waals surface area contributed by atoms with Crippen molar-refractivity contribution >= 4 is 53.2 Å². The van der Waals surface area contributed by atoms with Gasteiger partial charge in [-0.15, -0.1) is 5.10 Å². The monoisotopic (exact) mass is 426 g/mol. The lowest BCUT2D eigenvalue weighted by Gasteiger charge is -2.19. The fraction of sp³-hybridized carbons (Fsp3) is 0.312. The molecule has 0 bridgehead atoms. The second-order valence-electron chi connectivity index (χ2n) is 5.72. The van der Waals surface area contributed by atoms with Gasteiger partial charge in [-0.2, -0.15) is 0 Å². The number of benzene rings is 1. The highest BCUT2D eigenvalue weighted by molar-refractivity contribution is 8.00. The maximum absolute atomic E-state index is 12.4. The molecule has 11 heteroatoms. The molecule has 1 heterocycles. The lowest BCUT2D eigenvalue weighted by Crippen LogP contribution is -2.45. The van der Waals surface area contributed by atoms with Crippen molar-refractivity contribution in [1.82, 2.24) is 15.1 Å². The molecule has 2 aromatic rings. The number of urea groups is 1. The summed E-state index contributed by atoms with van der Waals surface area (Å²) < 4.78 is 8.29. The fourth-order valence-electron chi connectivity index (χ4n) is 2.11. The van der Waals surface area contributed by atoms with Gasteiger partial charge in [0, 0.05) is 0 Å². The van der Waals surface area contributed by atoms with E-state index in [0.29, 0.717) is 9.64 Å². The summed E-state index contributed by atoms with van der Waals surface area (Å²) >= 11 is 8.18. The highest BCUT2D eigenvalue weighted by Crippen LogP contribution is 2.22. The number of esters is 1. The van der Waals surface area contributed by atoms with E-state index in [0.717, 1.165) is 4.34 Å². The van der Waals surface area contributed by atoms with Gasteiger partial charge in [0.1, 0.15) is 0 Å². The Labute approximate surface area is 169 Å². The standard InChI is InChI=1S/C16H18N4O4S3/c1-8(2)11(12(21)18-14(17)23)24-13(22)9-4-6-10(7-5-9)20-16(25)27-15(19-20)26-3/h4-8,11H,1-3H3,(H3,17,18,21,23)/t11-/m1/s1. The van der Waals surface area contributed by atoms with E-state index >= 15 is 0 Å². The molecule has 0 spiro atoms. The Morgan fingerprint density at radius 2 is 1.93 bits per heavy atom. The predicted molar refractivity (Wildman–Crippen MR) is 106 cm³/mol. The smallest absolute Gasteiger partial charge is 0.338 e. The molecule has 0 saturated heterocycles. The van der Waals surface area contributed by atoms with Crippen LogP contribution in [-0.4, -0.2) is 40.0 Å². The van der Waals surface area contributed by atoms with E-state index in [1.807, 2.05) is 11.6 Å². The van der Waals surface area contributed by atoms with Crippen molar-refractivity contribution < 1.29 is 19.1 Å². The van der Waals surface area contributed by atoms with E-state index in [-0.39, 0.29) is 11.5 Å². The number of aromatic nitrogens is 2. The number of carbonyl (C=O) groups excluding carboxylic acids is 3. The molecule has 0 fully saturated rings. The lowest BCUT2D eigenvalue weighted by molar-refractivity contribution is -0.130. The number of carbonyl (C=O) groups is 3. The number of hydrogen-bond acceptors (Lipinski definition) is 8. The highest BCUT2D eigenvalue weighted by atomic mass is 32.2. The van der Waals surface area contributed by atoms with Gasteiger partial charge in [0.05, 0.1) is 11.3 Å². The minimum absolute atomic E-state index is 0.253. The van der Waals surface area contributed by atoms with E-state index < -0.39 is 24.0 Å². The SMILES string of the molecule is CSc1nn(-c2ccc(C(=O)O[C@@H](C(=O)NC(N)=O)C(C)C)cc2)c(=S)s1. The molecule has 0 radical (unpaired) electrons. The number of imide groups is 1. The van der Waals surface area contributed by atoms with Crippen molar-refractivity contribution in [1.29, 1.82) is 0 Å². The van der Waals surface area contributed by atoms with Crippen molar-refractivity contribution in [3.8, 4) is 5.69 Å². The average Bonchev–Trinajstić information content (AvgIpc) is 2.99. The number of nitrogens with two attached hydrogens (primary N) is 1. The minimum Gasteiger partial charge on any atom is -0.448 e. The Kier molecular flexibility index (Phi) is 7.11. The number of nitrogens with one attached hydrogen (secondary N) is 1. The number of amides is 3. The molecule has 2 rings (SSSR count). The molecular weight excluding hydrogens is 408 g/mol. The van der Waals surface area contributed by atoms with E-state index in [1.54, 1.807) is 42.8 Å². The molecule has 144 valence electrons. The number of primary amides is 1. The van der Waals surface area contributed by atoms with Crippen molar-refractivity contribution in [2.45, 2.75) is 24.3 Å². The van der Waals surface area contributed by atoms with Crippen LogP contribution >= 0.6 is 35.3 Å². The lowest BCUT2D eigenvalue weighted by atomic mass is 10.1. The first-order valence-electron chi connectivity index (χ1n) is 7.78. The van der Waals surface area contributed by atoms with Gasteiger partial charge in [-0.25, -0.2) is 14.3 Å². The summed E-state index contributed by atoms with van der Waals surface area (Å²) in [6, 6.07) is 5.48. The zero-order valence-electron chi connectivity index (χ0n) is 14.8. The summed E-state index contributed by atoms with van der Waals surface area (Å²) in [4.78, 5) is 35.2. The maximum Gasteiger partial charge on any atom is 0.338 e. The number of thioether (sulfide) groups is 1. The molecule has 0 aliphatic carbocycles. The van der Waals surface area contributed by atoms with Crippen LogP contribution in [0, 0.1) is 9.87 Å². The quantitative estimate of drug-likeness (QED) is 0.414. The van der Waals surface area contributed by atoms with Crippen LogP contribution < -0.4 is 11.1 Å². The molecule has 27 heavy (non-hydrogen) atoms. The zero-order chi connectivity index (χ0) is 20.1. The largest absolute Gasteiger partial charge is 0.448 e. The van der Waals surface area contributed by atoms with Gasteiger partial charge in [-0.1, -0.05) is 36.9 Å². The van der Waals surface area contributed by atoms with E-state index in [2.05, 4.69) is 5.10 Å². The molecular formula is C16H18N4O4S3. The molecule has 0 unspecified atom stereocenters. The summed E-state index contributed by atoms with van der Waals surface area (Å²) in [7, 11) is 0. The van der Waals surface area contributed by atoms with E-state index in [9.17, 15) is 14.4 Å². The number of nitrogens with zero attached hydrogens (tertiary/aromatic N) is 2. The molecule has 3 N–H and O–H groups in total. The average molecular weight is 427 g/mol. The van der Waals surface area contributed by atoms with Gasteiger partial charge in [0.25, 0.3) is 5.91 Å². The van der Waals surface area contributed by atoms with Crippen LogP contribution in [0.4, 0.5) is 4.79 Å². The zero-order valence-corrected chi connectivity index (χ0v) is 17.2. The summed E-state index contributed by atoms with van der Waals surface area (Å²) in [5, 5.41) is 6.30. The van der Waals surface area contributed by atoms with Gasteiger partial charge in [0.15, 0.2) is 14.4 Å². The Morgan fingerprint density at radius 1 is 1.30 bits per heavy atom. The second kappa shape index (κ2) is 9.11. The first-order valence-corrected chi connectivity index (χ1v) is 10.2. The molecule has 0 aliphatic heterocycles. The van der Waals surface area contributed by atoms with E-state index in [1.165, 1.54) is 23.1 Å². The van der Waals surface area contributed by atoms with Gasteiger partial charge >= 0.3 is 12.0 Å². The minimum atomic E-state index is -1.14. The molecule has 8 nitrogen and oxygen atoms in total. The van der Waals surface area contributed by atoms with E-state index in [4.69, 9.17) is 22.7 Å². The van der Waals surface area contributed by atoms with Crippen LogP contribution in [0.25, 0.3) is 5.69 Å². The highest BCUT2D eigenvalue weighted by Gasteiger charge is 2.27. The molecule has 0 saturated carbocycles. The number of hydrogen-bond donors (Lipinski definition) is 2. The van der Waals surface area contributed by atoms with Gasteiger partial charge in [0.2, 0.25) is 0 Å². The first-order chi connectivity index (χ1) is 12.7. The van der Waals surface area contributed by atoms with Crippen LogP contribution in [0.3, 0.4) is 0 Å². The maximum atomic E-state index is 12.4. The summed E-state index contributed by atoms with van der Waals surface area (Å²) in [5.41, 5.74) is 5.90. The van der Waals surface area contributed by atoms with Crippen LogP contribution in [0.5, 0.6) is 0 Å². The van der Waals surface area contributed by atoms with Crippen LogP contribution in [-0.2, 0) is 9.53 Å². The van der Waals surface area contributed by atoms with Crippen LogP contribution in [0.2, 0.25) is 0 Å². The van der Waals surface area contributed by atoms with Gasteiger partial charge < -0.3 is 10.5 Å². The van der Waals surface area contributed by atoms with Crippen LogP contribution in [0.1, 0.15) is 24.2 Å². The second-order valence-corrected chi connectivity index (χ2v) is 8.40. The molecule has 3 amide bonds. The van der Waals surface area contributed by atoms with Crippen molar-refractivity contribution in [2.75, 3.05) is 6.26 Å². The molecule has 1 aromatic carbocycles. The van der Waals surface area contributed by atoms with Gasteiger partial charge in [-0.3, -0.25) is 10.1 Å².